The van der Waals surface area contributed by atoms with Gasteiger partial charge in [-0.1, -0.05) is 0 Å². The summed E-state index contributed by atoms with van der Waals surface area (Å²) in [7, 11) is 4.50. The van der Waals surface area contributed by atoms with E-state index >= 15 is 0 Å². The maximum atomic E-state index is 13.1. The van der Waals surface area contributed by atoms with Gasteiger partial charge in [0.2, 0.25) is 0 Å². The maximum Gasteiger partial charge on any atom is 0.270 e. The van der Waals surface area contributed by atoms with E-state index in [1.165, 1.54) is 37.0 Å². The highest BCUT2D eigenvalue weighted by Crippen LogP contribution is 2.44. The first-order valence-electron chi connectivity index (χ1n) is 8.01. The van der Waals surface area contributed by atoms with Crippen molar-refractivity contribution in [3.63, 3.8) is 0 Å². The number of non-ortho nitro benzene ring substituents is 1. The van der Waals surface area contributed by atoms with Crippen LogP contribution < -0.4 is 15.0 Å². The average Bonchev–Trinajstić information content (AvgIpc) is 2.96. The second-order valence-corrected chi connectivity index (χ2v) is 6.16. The largest absolute Gasteiger partial charge is 0.493 e. The number of methoxy groups -OCH3 is 2. The van der Waals surface area contributed by atoms with Crippen molar-refractivity contribution in [2.24, 2.45) is 7.05 Å². The van der Waals surface area contributed by atoms with Gasteiger partial charge in [-0.25, -0.2) is 0 Å². The number of nitro benzene ring substituents is 1. The molecule has 1 aromatic heterocycles. The molecule has 8 nitrogen and oxygen atoms in total. The van der Waals surface area contributed by atoms with Gasteiger partial charge in [0.1, 0.15) is 0 Å². The molecule has 0 saturated heterocycles. The van der Waals surface area contributed by atoms with Crippen molar-refractivity contribution in [1.82, 2.24) is 4.57 Å². The molecular formula is C19H14N2O6. The van der Waals surface area contributed by atoms with Crippen LogP contribution in [-0.2, 0) is 7.05 Å². The number of pyridine rings is 1. The maximum absolute atomic E-state index is 13.1. The van der Waals surface area contributed by atoms with E-state index in [-0.39, 0.29) is 16.9 Å². The standard InChI is InChI=1S/C19H14N2O6/c1-20-17-11-7-14(26-2)15(27-3)8-12(11)18(22)16(17)10-5-4-9(21(24)25)6-13(10)19(20)23/h4-8H,1-3H3. The third-order valence-corrected chi connectivity index (χ3v) is 4.84. The third kappa shape index (κ3) is 2.16. The van der Waals surface area contributed by atoms with Crippen LogP contribution in [0.2, 0.25) is 0 Å². The lowest BCUT2D eigenvalue weighted by molar-refractivity contribution is -0.384. The predicted octanol–water partition coefficient (Wildman–Crippen LogP) is 2.68. The normalized spacial score (nSPS) is 12.0. The van der Waals surface area contributed by atoms with Crippen LogP contribution in [0.4, 0.5) is 5.69 Å². The Hall–Kier alpha value is -3.68. The minimum Gasteiger partial charge on any atom is -0.493 e. The van der Waals surface area contributed by atoms with Crippen molar-refractivity contribution in [3.05, 3.63) is 61.9 Å². The molecule has 0 N–H and O–H groups in total. The van der Waals surface area contributed by atoms with Crippen molar-refractivity contribution < 1.29 is 19.2 Å². The molecule has 0 radical (unpaired) electrons. The summed E-state index contributed by atoms with van der Waals surface area (Å²) in [6.07, 6.45) is 0. The summed E-state index contributed by atoms with van der Waals surface area (Å²) in [5, 5.41) is 11.6. The molecule has 0 unspecified atom stereocenters. The number of hydrogen-bond donors (Lipinski definition) is 0. The summed E-state index contributed by atoms with van der Waals surface area (Å²) >= 11 is 0. The zero-order valence-electron chi connectivity index (χ0n) is 14.7. The highest BCUT2D eigenvalue weighted by atomic mass is 16.6. The van der Waals surface area contributed by atoms with E-state index in [0.29, 0.717) is 39.3 Å². The number of fused-ring (bicyclic) bond motifs is 5. The lowest BCUT2D eigenvalue weighted by Gasteiger charge is -2.12. The molecule has 3 aromatic rings. The van der Waals surface area contributed by atoms with Gasteiger partial charge in [-0.05, 0) is 18.2 Å². The number of nitro groups is 1. The Morgan fingerprint density at radius 3 is 2.19 bits per heavy atom. The Bertz CT molecular complexity index is 1230. The molecule has 1 heterocycles. The van der Waals surface area contributed by atoms with Crippen LogP contribution >= 0.6 is 0 Å². The summed E-state index contributed by atoms with van der Waals surface area (Å²) in [4.78, 5) is 36.4. The SMILES string of the molecule is COc1cc2c(cc1OC)-c1c(c3ccc([N+](=O)[O-])cc3c(=O)n1C)C2=O. The summed E-state index contributed by atoms with van der Waals surface area (Å²) in [5.74, 6) is 0.575. The fraction of sp³-hybridized carbons (Fsp3) is 0.158. The number of benzene rings is 2. The third-order valence-electron chi connectivity index (χ3n) is 4.84. The van der Waals surface area contributed by atoms with Gasteiger partial charge in [0.15, 0.2) is 17.3 Å². The molecule has 8 heteroatoms. The summed E-state index contributed by atoms with van der Waals surface area (Å²) in [5.41, 5.74) is 1.14. The van der Waals surface area contributed by atoms with E-state index in [1.807, 2.05) is 0 Å². The number of nitrogens with zero attached hydrogens (tertiary/aromatic N) is 2. The molecule has 2 aromatic carbocycles. The van der Waals surface area contributed by atoms with Crippen LogP contribution in [0, 0.1) is 10.1 Å². The number of ether oxygens (including phenoxy) is 2. The van der Waals surface area contributed by atoms with Crippen molar-refractivity contribution in [2.75, 3.05) is 14.2 Å². The molecule has 0 saturated carbocycles. The number of ketones is 1. The zero-order valence-corrected chi connectivity index (χ0v) is 14.7. The molecule has 27 heavy (non-hydrogen) atoms. The second-order valence-electron chi connectivity index (χ2n) is 6.16. The monoisotopic (exact) mass is 366 g/mol. The van der Waals surface area contributed by atoms with Crippen LogP contribution in [-0.4, -0.2) is 29.5 Å². The summed E-state index contributed by atoms with van der Waals surface area (Å²) in [6.45, 7) is 0. The van der Waals surface area contributed by atoms with Gasteiger partial charge in [-0.15, -0.1) is 0 Å². The van der Waals surface area contributed by atoms with Gasteiger partial charge in [0.05, 0.1) is 35.8 Å². The number of hydrogen-bond acceptors (Lipinski definition) is 6. The number of carbonyl (C=O) groups is 1. The Balaban J connectivity index is 2.13. The second kappa shape index (κ2) is 5.66. The minimum absolute atomic E-state index is 0.130. The molecule has 1 aliphatic carbocycles. The Labute approximate surface area is 152 Å². The number of rotatable bonds is 3. The van der Waals surface area contributed by atoms with Crippen molar-refractivity contribution in [1.29, 1.82) is 0 Å². The van der Waals surface area contributed by atoms with E-state index < -0.39 is 10.5 Å². The van der Waals surface area contributed by atoms with Crippen LogP contribution in [0.15, 0.2) is 35.1 Å². The van der Waals surface area contributed by atoms with E-state index in [4.69, 9.17) is 9.47 Å². The molecule has 136 valence electrons. The van der Waals surface area contributed by atoms with Crippen LogP contribution in [0.5, 0.6) is 11.5 Å². The molecule has 0 fully saturated rings. The van der Waals surface area contributed by atoms with Gasteiger partial charge in [-0.2, -0.15) is 0 Å². The van der Waals surface area contributed by atoms with Gasteiger partial charge in [0, 0.05) is 35.7 Å². The highest BCUT2D eigenvalue weighted by molar-refractivity contribution is 6.27. The van der Waals surface area contributed by atoms with Gasteiger partial charge in [0.25, 0.3) is 11.2 Å². The Kier molecular flexibility index (Phi) is 3.52. The van der Waals surface area contributed by atoms with E-state index in [1.54, 1.807) is 19.2 Å². The lowest BCUT2D eigenvalue weighted by atomic mass is 10.0. The summed E-state index contributed by atoms with van der Waals surface area (Å²) < 4.78 is 11.9. The first-order chi connectivity index (χ1) is 12.9. The first kappa shape index (κ1) is 16.8. The molecule has 0 aliphatic heterocycles. The number of carbonyl (C=O) groups excluding carboxylic acids is 1. The molecule has 0 atom stereocenters. The highest BCUT2D eigenvalue weighted by Gasteiger charge is 2.34. The molecular weight excluding hydrogens is 352 g/mol. The average molecular weight is 366 g/mol. The van der Waals surface area contributed by atoms with Crippen LogP contribution in [0.1, 0.15) is 15.9 Å². The molecule has 1 aliphatic rings. The minimum atomic E-state index is -0.571. The Morgan fingerprint density at radius 1 is 0.963 bits per heavy atom. The fourth-order valence-electron chi connectivity index (χ4n) is 3.56. The fourth-order valence-corrected chi connectivity index (χ4v) is 3.56. The quantitative estimate of drug-likeness (QED) is 0.408. The van der Waals surface area contributed by atoms with E-state index in [9.17, 15) is 19.7 Å². The smallest absolute Gasteiger partial charge is 0.270 e. The lowest BCUT2D eigenvalue weighted by Crippen LogP contribution is -2.20. The summed E-state index contributed by atoms with van der Waals surface area (Å²) in [6, 6.07) is 7.19. The topological polar surface area (TPSA) is 101 Å². The van der Waals surface area contributed by atoms with Crippen molar-refractivity contribution >= 4 is 22.2 Å². The van der Waals surface area contributed by atoms with E-state index in [2.05, 4.69) is 0 Å². The predicted molar refractivity (Wildman–Crippen MR) is 97.8 cm³/mol. The Morgan fingerprint density at radius 2 is 1.59 bits per heavy atom. The first-order valence-corrected chi connectivity index (χ1v) is 8.01. The molecule has 4 rings (SSSR count). The number of aromatic nitrogens is 1. The van der Waals surface area contributed by atoms with Crippen molar-refractivity contribution in [2.45, 2.75) is 0 Å². The van der Waals surface area contributed by atoms with Gasteiger partial charge >= 0.3 is 0 Å². The van der Waals surface area contributed by atoms with Gasteiger partial charge < -0.3 is 14.0 Å². The molecule has 0 bridgehead atoms. The molecule has 0 spiro atoms. The molecule has 0 amide bonds. The van der Waals surface area contributed by atoms with E-state index in [0.717, 1.165) is 0 Å². The van der Waals surface area contributed by atoms with Crippen molar-refractivity contribution in [3.8, 4) is 22.8 Å². The van der Waals surface area contributed by atoms with Gasteiger partial charge in [-0.3, -0.25) is 19.7 Å². The van der Waals surface area contributed by atoms with Crippen LogP contribution in [0.3, 0.4) is 0 Å². The zero-order chi connectivity index (χ0) is 19.5. The van der Waals surface area contributed by atoms with Crippen LogP contribution in [0.25, 0.3) is 22.0 Å².